The van der Waals surface area contributed by atoms with Crippen LogP contribution in [0.25, 0.3) is 0 Å². The van der Waals surface area contributed by atoms with Gasteiger partial charge >= 0.3 is 0 Å². The van der Waals surface area contributed by atoms with Gasteiger partial charge in [-0.15, -0.1) is 10.2 Å². The van der Waals surface area contributed by atoms with Crippen molar-refractivity contribution in [1.82, 2.24) is 20.5 Å². The molecule has 0 spiro atoms. The molecule has 1 aromatic heterocycles. The third-order valence-corrected chi connectivity index (χ3v) is 3.33. The predicted octanol–water partition coefficient (Wildman–Crippen LogP) is 1.28. The lowest BCUT2D eigenvalue weighted by Gasteiger charge is -2.35. The Bertz CT molecular complexity index is 456. The Morgan fingerprint density at radius 3 is 2.89 bits per heavy atom. The van der Waals surface area contributed by atoms with Crippen LogP contribution in [0.15, 0.2) is 0 Å². The molecule has 0 aromatic carbocycles. The van der Waals surface area contributed by atoms with Crippen LogP contribution in [0.1, 0.15) is 19.3 Å². The van der Waals surface area contributed by atoms with Gasteiger partial charge in [-0.25, -0.2) is 0 Å². The molecule has 2 rings (SSSR count). The summed E-state index contributed by atoms with van der Waals surface area (Å²) in [6, 6.07) is -0.283. The first-order chi connectivity index (χ1) is 8.63. The molecule has 0 aliphatic carbocycles. The first-order valence-electron chi connectivity index (χ1n) is 5.67. The average Bonchev–Trinajstić information content (AvgIpc) is 2.40. The van der Waals surface area contributed by atoms with E-state index in [4.69, 9.17) is 23.2 Å². The number of piperidine rings is 1. The Labute approximate surface area is 115 Å². The molecular weight excluding hydrogens is 277 g/mol. The minimum absolute atomic E-state index is 0.0237. The highest BCUT2D eigenvalue weighted by Gasteiger charge is 2.30. The fourth-order valence-corrected chi connectivity index (χ4v) is 2.40. The summed E-state index contributed by atoms with van der Waals surface area (Å²) in [5.41, 5.74) is 0. The van der Waals surface area contributed by atoms with Gasteiger partial charge in [-0.05, 0) is 30.9 Å². The molecule has 2 heterocycles. The van der Waals surface area contributed by atoms with E-state index in [-0.39, 0.29) is 22.4 Å². The third-order valence-electron chi connectivity index (χ3n) is 2.93. The summed E-state index contributed by atoms with van der Waals surface area (Å²) in [7, 11) is 1.61. The lowest BCUT2D eigenvalue weighted by atomic mass is 10.0. The zero-order chi connectivity index (χ0) is 13.1. The number of likely N-dealkylation sites (N-methyl/N-ethyl adjacent to an activating group) is 1. The summed E-state index contributed by atoms with van der Waals surface area (Å²) in [6.07, 6.45) is 2.74. The Morgan fingerprint density at radius 2 is 2.17 bits per heavy atom. The van der Waals surface area contributed by atoms with E-state index in [9.17, 15) is 4.79 Å². The first-order valence-corrected chi connectivity index (χ1v) is 6.43. The van der Waals surface area contributed by atoms with Crippen molar-refractivity contribution in [2.75, 3.05) is 18.5 Å². The van der Waals surface area contributed by atoms with Crippen LogP contribution in [0.4, 0.5) is 5.82 Å². The maximum atomic E-state index is 11.9. The monoisotopic (exact) mass is 289 g/mol. The fourth-order valence-electron chi connectivity index (χ4n) is 2.09. The highest BCUT2D eigenvalue weighted by molar-refractivity contribution is 6.32. The number of halogens is 2. The van der Waals surface area contributed by atoms with E-state index in [1.54, 1.807) is 7.05 Å². The molecule has 1 saturated heterocycles. The second-order valence-electron chi connectivity index (χ2n) is 4.01. The standard InChI is InChI=1S/C10H13Cl2N5O/c1-13-9(18)6-4-2-3-5-17(6)8-7(11)15-16-10(12)14-8/h6H,2-5H2,1H3,(H,13,18). The van der Waals surface area contributed by atoms with Crippen molar-refractivity contribution >= 4 is 34.9 Å². The summed E-state index contributed by atoms with van der Waals surface area (Å²) < 4.78 is 0. The Kier molecular flexibility index (Phi) is 4.19. The molecule has 1 amide bonds. The minimum Gasteiger partial charge on any atom is -0.357 e. The molecular formula is C10H13Cl2N5O. The molecule has 1 N–H and O–H groups in total. The van der Waals surface area contributed by atoms with E-state index >= 15 is 0 Å². The zero-order valence-electron chi connectivity index (χ0n) is 9.86. The maximum Gasteiger partial charge on any atom is 0.245 e. The highest BCUT2D eigenvalue weighted by Crippen LogP contribution is 2.28. The lowest BCUT2D eigenvalue weighted by molar-refractivity contribution is -0.122. The van der Waals surface area contributed by atoms with Gasteiger partial charge in [-0.2, -0.15) is 4.98 Å². The summed E-state index contributed by atoms with van der Waals surface area (Å²) in [4.78, 5) is 17.8. The largest absolute Gasteiger partial charge is 0.357 e. The average molecular weight is 290 g/mol. The molecule has 0 radical (unpaired) electrons. The second kappa shape index (κ2) is 5.67. The van der Waals surface area contributed by atoms with Crippen LogP contribution in [0.5, 0.6) is 0 Å². The van der Waals surface area contributed by atoms with Crippen LogP contribution in [-0.2, 0) is 4.79 Å². The van der Waals surface area contributed by atoms with Gasteiger partial charge < -0.3 is 10.2 Å². The molecule has 0 bridgehead atoms. The quantitative estimate of drug-likeness (QED) is 0.888. The van der Waals surface area contributed by atoms with Gasteiger partial charge in [0.2, 0.25) is 11.2 Å². The Morgan fingerprint density at radius 1 is 1.39 bits per heavy atom. The van der Waals surface area contributed by atoms with E-state index in [1.165, 1.54) is 0 Å². The number of aromatic nitrogens is 3. The SMILES string of the molecule is CNC(=O)C1CCCCN1c1nc(Cl)nnc1Cl. The highest BCUT2D eigenvalue weighted by atomic mass is 35.5. The van der Waals surface area contributed by atoms with Crippen molar-refractivity contribution in [2.24, 2.45) is 0 Å². The van der Waals surface area contributed by atoms with Crippen molar-refractivity contribution in [3.63, 3.8) is 0 Å². The molecule has 1 aromatic rings. The maximum absolute atomic E-state index is 11.9. The summed E-state index contributed by atoms with van der Waals surface area (Å²) >= 11 is 11.7. The van der Waals surface area contributed by atoms with Gasteiger partial charge in [-0.3, -0.25) is 4.79 Å². The van der Waals surface area contributed by atoms with Gasteiger partial charge in [0.05, 0.1) is 0 Å². The molecule has 1 fully saturated rings. The van der Waals surface area contributed by atoms with Gasteiger partial charge in [0, 0.05) is 13.6 Å². The zero-order valence-corrected chi connectivity index (χ0v) is 11.4. The molecule has 98 valence electrons. The van der Waals surface area contributed by atoms with Gasteiger partial charge in [0.25, 0.3) is 0 Å². The predicted molar refractivity (Wildman–Crippen MR) is 68.9 cm³/mol. The number of amides is 1. The molecule has 1 aliphatic heterocycles. The number of rotatable bonds is 2. The van der Waals surface area contributed by atoms with Crippen molar-refractivity contribution in [3.05, 3.63) is 10.4 Å². The number of hydrogen-bond donors (Lipinski definition) is 1. The van der Waals surface area contributed by atoms with Crippen LogP contribution in [-0.4, -0.2) is 40.7 Å². The van der Waals surface area contributed by atoms with E-state index in [1.807, 2.05) is 4.90 Å². The van der Waals surface area contributed by atoms with Gasteiger partial charge in [-0.1, -0.05) is 11.6 Å². The van der Waals surface area contributed by atoms with E-state index in [0.717, 1.165) is 19.3 Å². The van der Waals surface area contributed by atoms with Crippen molar-refractivity contribution in [1.29, 1.82) is 0 Å². The van der Waals surface area contributed by atoms with Crippen molar-refractivity contribution in [3.8, 4) is 0 Å². The van der Waals surface area contributed by atoms with Gasteiger partial charge in [0.15, 0.2) is 11.0 Å². The fraction of sp³-hybridized carbons (Fsp3) is 0.600. The normalized spacial score (nSPS) is 19.7. The molecule has 6 nitrogen and oxygen atoms in total. The van der Waals surface area contributed by atoms with Gasteiger partial charge in [0.1, 0.15) is 6.04 Å². The van der Waals surface area contributed by atoms with Crippen LogP contribution in [0.2, 0.25) is 10.4 Å². The van der Waals surface area contributed by atoms with Crippen molar-refractivity contribution in [2.45, 2.75) is 25.3 Å². The summed E-state index contributed by atoms with van der Waals surface area (Å²) in [5.74, 6) is 0.366. The van der Waals surface area contributed by atoms with E-state index < -0.39 is 0 Å². The second-order valence-corrected chi connectivity index (χ2v) is 4.71. The number of nitrogens with zero attached hydrogens (tertiary/aromatic N) is 4. The van der Waals surface area contributed by atoms with Crippen LogP contribution in [0, 0.1) is 0 Å². The van der Waals surface area contributed by atoms with Crippen LogP contribution < -0.4 is 10.2 Å². The molecule has 1 aliphatic rings. The number of anilines is 1. The topological polar surface area (TPSA) is 71.0 Å². The minimum atomic E-state index is -0.283. The van der Waals surface area contributed by atoms with E-state index in [2.05, 4.69) is 20.5 Å². The number of nitrogens with one attached hydrogen (secondary N) is 1. The smallest absolute Gasteiger partial charge is 0.245 e. The van der Waals surface area contributed by atoms with Crippen molar-refractivity contribution < 1.29 is 4.79 Å². The Balaban J connectivity index is 2.33. The number of carbonyl (C=O) groups excluding carboxylic acids is 1. The summed E-state index contributed by atoms with van der Waals surface area (Å²) in [6.45, 7) is 0.701. The molecule has 0 saturated carbocycles. The number of carbonyl (C=O) groups is 1. The first kappa shape index (κ1) is 13.3. The van der Waals surface area contributed by atoms with E-state index in [0.29, 0.717) is 12.4 Å². The molecule has 18 heavy (non-hydrogen) atoms. The van der Waals surface area contributed by atoms with Crippen LogP contribution >= 0.6 is 23.2 Å². The van der Waals surface area contributed by atoms with Crippen LogP contribution in [0.3, 0.4) is 0 Å². The number of hydrogen-bond acceptors (Lipinski definition) is 5. The Hall–Kier alpha value is -1.14. The lowest BCUT2D eigenvalue weighted by Crippen LogP contribution is -2.49. The summed E-state index contributed by atoms with van der Waals surface area (Å²) in [5, 5.41) is 10.1. The molecule has 8 heteroatoms. The molecule has 1 unspecified atom stereocenters. The molecule has 1 atom stereocenters. The third kappa shape index (κ3) is 2.64.